The van der Waals surface area contributed by atoms with Crippen molar-refractivity contribution in [3.8, 4) is 0 Å². The topological polar surface area (TPSA) is 54.7 Å². The van der Waals surface area contributed by atoms with Crippen LogP contribution < -0.4 is 5.73 Å². The van der Waals surface area contributed by atoms with Crippen molar-refractivity contribution in [2.24, 2.45) is 5.73 Å². The van der Waals surface area contributed by atoms with Crippen LogP contribution >= 0.6 is 0 Å². The fourth-order valence-corrected chi connectivity index (χ4v) is 1.80. The molecule has 0 unspecified atom stereocenters. The number of hydrogen-bond acceptors (Lipinski definition) is 2. The van der Waals surface area contributed by atoms with Gasteiger partial charge in [-0.15, -0.1) is 0 Å². The quantitative estimate of drug-likeness (QED) is 0.788. The van der Waals surface area contributed by atoms with Crippen LogP contribution in [0, 0.1) is 11.6 Å². The van der Waals surface area contributed by atoms with Crippen molar-refractivity contribution in [3.63, 3.8) is 0 Å². The molecule has 0 fully saturated rings. The van der Waals surface area contributed by atoms with Gasteiger partial charge in [0.15, 0.2) is 11.6 Å². The third-order valence-corrected chi connectivity index (χ3v) is 2.71. The molecule has 1 aromatic carbocycles. The number of H-pyrrole nitrogens is 1. The monoisotopic (exact) mass is 239 g/mol. The van der Waals surface area contributed by atoms with Gasteiger partial charge in [0.05, 0.1) is 5.52 Å². The number of aromatic nitrogens is 2. The summed E-state index contributed by atoms with van der Waals surface area (Å²) >= 11 is 0. The molecule has 3 N–H and O–H groups in total. The predicted molar refractivity (Wildman–Crippen MR) is 62.6 cm³/mol. The normalized spacial score (nSPS) is 11.2. The number of aryl methyl sites for hydroxylation is 1. The van der Waals surface area contributed by atoms with Crippen LogP contribution in [0.5, 0.6) is 0 Å². The summed E-state index contributed by atoms with van der Waals surface area (Å²) in [5.74, 6) is -1.05. The average molecular weight is 239 g/mol. The molecular weight excluding hydrogens is 224 g/mol. The summed E-state index contributed by atoms with van der Waals surface area (Å²) in [6.45, 7) is 0.681. The summed E-state index contributed by atoms with van der Waals surface area (Å²) in [4.78, 5) is 7.06. The molecule has 0 radical (unpaired) electrons. The summed E-state index contributed by atoms with van der Waals surface area (Å²) in [6, 6.07) is 2.61. The molecule has 5 heteroatoms. The van der Waals surface area contributed by atoms with E-state index < -0.39 is 11.6 Å². The third-order valence-electron chi connectivity index (χ3n) is 2.71. The molecule has 1 heterocycles. The third kappa shape index (κ3) is 2.61. The number of halogens is 2. The van der Waals surface area contributed by atoms with Gasteiger partial charge in [0.2, 0.25) is 0 Å². The van der Waals surface area contributed by atoms with Crippen molar-refractivity contribution in [1.29, 1.82) is 0 Å². The number of benzene rings is 1. The van der Waals surface area contributed by atoms with Crippen molar-refractivity contribution in [1.82, 2.24) is 9.97 Å². The molecule has 3 nitrogen and oxygen atoms in total. The Morgan fingerprint density at radius 3 is 2.76 bits per heavy atom. The van der Waals surface area contributed by atoms with Gasteiger partial charge in [0, 0.05) is 6.42 Å². The number of aromatic amines is 1. The number of nitrogens with one attached hydrogen (secondary N) is 1. The maximum absolute atomic E-state index is 13.4. The molecule has 0 aliphatic rings. The number of hydrogen-bond donors (Lipinski definition) is 2. The van der Waals surface area contributed by atoms with Gasteiger partial charge in [-0.2, -0.15) is 0 Å². The van der Waals surface area contributed by atoms with E-state index in [4.69, 9.17) is 5.73 Å². The Bertz CT molecular complexity index is 508. The lowest BCUT2D eigenvalue weighted by atomic mass is 10.2. The van der Waals surface area contributed by atoms with E-state index in [-0.39, 0.29) is 5.52 Å². The summed E-state index contributed by atoms with van der Waals surface area (Å²) in [7, 11) is 0. The van der Waals surface area contributed by atoms with E-state index in [9.17, 15) is 8.78 Å². The minimum absolute atomic E-state index is 0.0822. The van der Waals surface area contributed by atoms with E-state index >= 15 is 0 Å². The number of fused-ring (bicyclic) bond motifs is 1. The maximum Gasteiger partial charge on any atom is 0.186 e. The molecule has 0 saturated carbocycles. The molecule has 2 rings (SSSR count). The fourth-order valence-electron chi connectivity index (χ4n) is 1.80. The number of imidazole rings is 1. The van der Waals surface area contributed by atoms with Gasteiger partial charge >= 0.3 is 0 Å². The van der Waals surface area contributed by atoms with Crippen molar-refractivity contribution in [3.05, 3.63) is 29.6 Å². The zero-order chi connectivity index (χ0) is 12.3. The minimum atomic E-state index is -0.882. The van der Waals surface area contributed by atoms with Crippen LogP contribution in [-0.2, 0) is 6.42 Å². The second-order valence-corrected chi connectivity index (χ2v) is 4.04. The van der Waals surface area contributed by atoms with E-state index in [1.54, 1.807) is 0 Å². The molecule has 0 bridgehead atoms. The Morgan fingerprint density at radius 2 is 2.00 bits per heavy atom. The first-order chi connectivity index (χ1) is 8.22. The van der Waals surface area contributed by atoms with E-state index in [0.29, 0.717) is 17.9 Å². The highest BCUT2D eigenvalue weighted by Crippen LogP contribution is 2.18. The Morgan fingerprint density at radius 1 is 1.18 bits per heavy atom. The number of unbranched alkanes of at least 4 members (excludes halogenated alkanes) is 2. The number of nitrogens with zero attached hydrogens (tertiary/aromatic N) is 1. The highest BCUT2D eigenvalue weighted by molar-refractivity contribution is 5.75. The first-order valence-corrected chi connectivity index (χ1v) is 5.75. The Labute approximate surface area is 98.0 Å². The zero-order valence-electron chi connectivity index (χ0n) is 9.47. The van der Waals surface area contributed by atoms with E-state index in [2.05, 4.69) is 9.97 Å². The van der Waals surface area contributed by atoms with Crippen LogP contribution in [0.3, 0.4) is 0 Å². The van der Waals surface area contributed by atoms with Gasteiger partial charge in [-0.1, -0.05) is 6.42 Å². The van der Waals surface area contributed by atoms with Gasteiger partial charge in [-0.25, -0.2) is 13.8 Å². The van der Waals surface area contributed by atoms with Crippen LogP contribution in [0.15, 0.2) is 12.1 Å². The van der Waals surface area contributed by atoms with Crippen molar-refractivity contribution >= 4 is 11.0 Å². The first kappa shape index (κ1) is 12.0. The maximum atomic E-state index is 13.4. The molecule has 0 saturated heterocycles. The van der Waals surface area contributed by atoms with E-state index in [1.165, 1.54) is 6.07 Å². The lowest BCUT2D eigenvalue weighted by Gasteiger charge is -1.95. The Hall–Kier alpha value is -1.49. The molecular formula is C12H15F2N3. The molecule has 0 spiro atoms. The zero-order valence-corrected chi connectivity index (χ0v) is 9.47. The number of rotatable bonds is 5. The minimum Gasteiger partial charge on any atom is -0.342 e. The summed E-state index contributed by atoms with van der Waals surface area (Å²) in [5, 5.41) is 0. The van der Waals surface area contributed by atoms with Crippen LogP contribution in [0.25, 0.3) is 11.0 Å². The largest absolute Gasteiger partial charge is 0.342 e. The van der Waals surface area contributed by atoms with Crippen molar-refractivity contribution < 1.29 is 8.78 Å². The molecule has 2 aromatic rings. The molecule has 17 heavy (non-hydrogen) atoms. The SMILES string of the molecule is NCCCCCc1nc2c(F)c(F)ccc2[nH]1. The molecule has 0 aliphatic carbocycles. The second-order valence-electron chi connectivity index (χ2n) is 4.04. The fraction of sp³-hybridized carbons (Fsp3) is 0.417. The summed E-state index contributed by atoms with van der Waals surface area (Å²) < 4.78 is 26.3. The Balaban J connectivity index is 2.12. The standard InChI is InChI=1S/C12H15F2N3/c13-8-5-6-9-12(11(8)14)17-10(16-9)4-2-1-3-7-15/h5-6H,1-4,7,15H2,(H,16,17). The Kier molecular flexibility index (Phi) is 3.68. The van der Waals surface area contributed by atoms with Crippen LogP contribution in [0.4, 0.5) is 8.78 Å². The molecule has 0 amide bonds. The molecule has 0 aliphatic heterocycles. The molecule has 92 valence electrons. The lowest BCUT2D eigenvalue weighted by Crippen LogP contribution is -1.98. The van der Waals surface area contributed by atoms with Crippen LogP contribution in [0.2, 0.25) is 0 Å². The van der Waals surface area contributed by atoms with Gasteiger partial charge in [-0.05, 0) is 31.5 Å². The predicted octanol–water partition coefficient (Wildman–Crippen LogP) is 2.51. The van der Waals surface area contributed by atoms with Crippen molar-refractivity contribution in [2.45, 2.75) is 25.7 Å². The van der Waals surface area contributed by atoms with Crippen LogP contribution in [0.1, 0.15) is 25.1 Å². The van der Waals surface area contributed by atoms with E-state index in [1.807, 2.05) is 0 Å². The van der Waals surface area contributed by atoms with Crippen molar-refractivity contribution in [2.75, 3.05) is 6.54 Å². The van der Waals surface area contributed by atoms with Gasteiger partial charge in [-0.3, -0.25) is 0 Å². The van der Waals surface area contributed by atoms with Crippen LogP contribution in [-0.4, -0.2) is 16.5 Å². The number of nitrogens with two attached hydrogens (primary N) is 1. The van der Waals surface area contributed by atoms with Gasteiger partial charge < -0.3 is 10.7 Å². The lowest BCUT2D eigenvalue weighted by molar-refractivity contribution is 0.515. The smallest absolute Gasteiger partial charge is 0.186 e. The highest BCUT2D eigenvalue weighted by Gasteiger charge is 2.11. The molecule has 1 aromatic heterocycles. The van der Waals surface area contributed by atoms with Gasteiger partial charge in [0.1, 0.15) is 11.3 Å². The second kappa shape index (κ2) is 5.23. The summed E-state index contributed by atoms with van der Waals surface area (Å²) in [6.07, 6.45) is 3.67. The highest BCUT2D eigenvalue weighted by atomic mass is 19.2. The first-order valence-electron chi connectivity index (χ1n) is 5.75. The summed E-state index contributed by atoms with van der Waals surface area (Å²) in [5.41, 5.74) is 6.01. The van der Waals surface area contributed by atoms with Gasteiger partial charge in [0.25, 0.3) is 0 Å². The average Bonchev–Trinajstić information content (AvgIpc) is 2.74. The van der Waals surface area contributed by atoms with E-state index in [0.717, 1.165) is 31.7 Å². The molecule has 0 atom stereocenters.